The van der Waals surface area contributed by atoms with E-state index in [9.17, 15) is 14.7 Å². The van der Waals surface area contributed by atoms with Gasteiger partial charge in [-0.3, -0.25) is 9.59 Å². The Morgan fingerprint density at radius 1 is 1.18 bits per heavy atom. The summed E-state index contributed by atoms with van der Waals surface area (Å²) in [6, 6.07) is 8.91. The Bertz CT molecular complexity index is 399. The molecule has 0 bridgehead atoms. The Morgan fingerprint density at radius 2 is 1.76 bits per heavy atom. The number of hydrogen-bond acceptors (Lipinski definition) is 2. The second-order valence-electron chi connectivity index (χ2n) is 4.25. The van der Waals surface area contributed by atoms with Crippen molar-refractivity contribution in [2.45, 2.75) is 31.6 Å². The molecule has 0 aliphatic carbocycles. The standard InChI is InChI=1S/C13H16O4/c1-13(12(16)17,9-5-8-11(14)15)10-6-3-2-4-7-10/h2-4,6-7H,5,8-9H2,1H3,(H,14,15)(H,16,17)/t13-/m1/s1. The Morgan fingerprint density at radius 3 is 2.24 bits per heavy atom. The molecular formula is C13H16O4. The number of carboxylic acids is 2. The van der Waals surface area contributed by atoms with E-state index < -0.39 is 17.4 Å². The minimum Gasteiger partial charge on any atom is -0.481 e. The second-order valence-corrected chi connectivity index (χ2v) is 4.25. The summed E-state index contributed by atoms with van der Waals surface area (Å²) in [6.07, 6.45) is 0.668. The van der Waals surface area contributed by atoms with Gasteiger partial charge in [-0.1, -0.05) is 30.3 Å². The summed E-state index contributed by atoms with van der Waals surface area (Å²) in [4.78, 5) is 21.8. The van der Waals surface area contributed by atoms with Crippen LogP contribution in [0.1, 0.15) is 31.7 Å². The quantitative estimate of drug-likeness (QED) is 0.794. The zero-order valence-corrected chi connectivity index (χ0v) is 9.72. The van der Waals surface area contributed by atoms with Crippen LogP contribution < -0.4 is 0 Å². The van der Waals surface area contributed by atoms with Gasteiger partial charge in [0.25, 0.3) is 0 Å². The van der Waals surface area contributed by atoms with E-state index in [1.54, 1.807) is 31.2 Å². The molecule has 0 spiro atoms. The molecule has 0 radical (unpaired) electrons. The number of aliphatic carboxylic acids is 2. The lowest BCUT2D eigenvalue weighted by molar-refractivity contribution is -0.144. The molecule has 1 aromatic carbocycles. The number of rotatable bonds is 6. The molecule has 1 aromatic rings. The van der Waals surface area contributed by atoms with Crippen LogP contribution in [-0.2, 0) is 15.0 Å². The largest absolute Gasteiger partial charge is 0.481 e. The predicted molar refractivity (Wildman–Crippen MR) is 62.9 cm³/mol. The van der Waals surface area contributed by atoms with Crippen molar-refractivity contribution in [1.82, 2.24) is 0 Å². The second kappa shape index (κ2) is 5.48. The molecule has 4 nitrogen and oxygen atoms in total. The number of carbonyl (C=O) groups is 2. The van der Waals surface area contributed by atoms with Crippen LogP contribution in [-0.4, -0.2) is 22.2 Å². The summed E-state index contributed by atoms with van der Waals surface area (Å²) in [5.74, 6) is -1.82. The molecule has 0 saturated carbocycles. The fourth-order valence-electron chi connectivity index (χ4n) is 1.77. The number of benzene rings is 1. The first kappa shape index (κ1) is 13.2. The normalized spacial score (nSPS) is 13.9. The summed E-state index contributed by atoms with van der Waals surface area (Å²) < 4.78 is 0. The fraction of sp³-hybridized carbons (Fsp3) is 0.385. The summed E-state index contributed by atoms with van der Waals surface area (Å²) in [5, 5.41) is 17.9. The highest BCUT2D eigenvalue weighted by atomic mass is 16.4. The number of hydrogen-bond donors (Lipinski definition) is 2. The van der Waals surface area contributed by atoms with Gasteiger partial charge in [0.15, 0.2) is 0 Å². The van der Waals surface area contributed by atoms with Crippen molar-refractivity contribution < 1.29 is 19.8 Å². The molecule has 0 heterocycles. The lowest BCUT2D eigenvalue weighted by atomic mass is 9.78. The van der Waals surface area contributed by atoms with Crippen molar-refractivity contribution in [3.63, 3.8) is 0 Å². The third-order valence-corrected chi connectivity index (χ3v) is 2.95. The summed E-state index contributed by atoms with van der Waals surface area (Å²) in [6.45, 7) is 1.63. The molecule has 4 heteroatoms. The van der Waals surface area contributed by atoms with Gasteiger partial charge in [0.05, 0.1) is 5.41 Å². The third kappa shape index (κ3) is 3.31. The van der Waals surface area contributed by atoms with Crippen molar-refractivity contribution in [1.29, 1.82) is 0 Å². The highest BCUT2D eigenvalue weighted by molar-refractivity contribution is 5.80. The van der Waals surface area contributed by atoms with Crippen LogP contribution in [0.2, 0.25) is 0 Å². The predicted octanol–water partition coefficient (Wildman–Crippen LogP) is 2.28. The molecule has 0 aliphatic rings. The van der Waals surface area contributed by atoms with Crippen molar-refractivity contribution in [3.05, 3.63) is 35.9 Å². The van der Waals surface area contributed by atoms with E-state index in [4.69, 9.17) is 5.11 Å². The maximum atomic E-state index is 11.3. The minimum absolute atomic E-state index is 0.00426. The van der Waals surface area contributed by atoms with Crippen LogP contribution in [0.25, 0.3) is 0 Å². The molecule has 92 valence electrons. The van der Waals surface area contributed by atoms with E-state index >= 15 is 0 Å². The molecule has 0 aliphatic heterocycles. The first-order chi connectivity index (χ1) is 7.97. The van der Waals surface area contributed by atoms with Crippen LogP contribution in [0.4, 0.5) is 0 Å². The molecule has 0 saturated heterocycles. The van der Waals surface area contributed by atoms with E-state index in [1.807, 2.05) is 6.07 Å². The van der Waals surface area contributed by atoms with Gasteiger partial charge < -0.3 is 10.2 Å². The summed E-state index contributed by atoms with van der Waals surface area (Å²) >= 11 is 0. The fourth-order valence-corrected chi connectivity index (χ4v) is 1.77. The smallest absolute Gasteiger partial charge is 0.313 e. The van der Waals surface area contributed by atoms with Crippen molar-refractivity contribution in [3.8, 4) is 0 Å². The Labute approximate surface area is 99.9 Å². The molecule has 0 unspecified atom stereocenters. The first-order valence-corrected chi connectivity index (χ1v) is 5.47. The van der Waals surface area contributed by atoms with Gasteiger partial charge in [0.2, 0.25) is 0 Å². The van der Waals surface area contributed by atoms with Crippen molar-refractivity contribution >= 4 is 11.9 Å². The average molecular weight is 236 g/mol. The van der Waals surface area contributed by atoms with Crippen LogP contribution in [0.3, 0.4) is 0 Å². The third-order valence-electron chi connectivity index (χ3n) is 2.95. The van der Waals surface area contributed by atoms with Gasteiger partial charge in [-0.15, -0.1) is 0 Å². The molecule has 1 atom stereocenters. The van der Waals surface area contributed by atoms with Crippen LogP contribution in [0.15, 0.2) is 30.3 Å². The molecule has 0 amide bonds. The molecule has 1 rings (SSSR count). The zero-order chi connectivity index (χ0) is 12.9. The SMILES string of the molecule is C[C@](CCCC(=O)O)(C(=O)O)c1ccccc1. The Hall–Kier alpha value is -1.84. The van der Waals surface area contributed by atoms with Crippen molar-refractivity contribution in [2.24, 2.45) is 0 Å². The Kier molecular flexibility index (Phi) is 4.26. The maximum Gasteiger partial charge on any atom is 0.313 e. The summed E-state index contributed by atoms with van der Waals surface area (Å²) in [7, 11) is 0. The average Bonchev–Trinajstić information content (AvgIpc) is 2.29. The highest BCUT2D eigenvalue weighted by Crippen LogP contribution is 2.29. The molecule has 17 heavy (non-hydrogen) atoms. The topological polar surface area (TPSA) is 74.6 Å². The van der Waals surface area contributed by atoms with Crippen LogP contribution in [0.5, 0.6) is 0 Å². The van der Waals surface area contributed by atoms with E-state index in [2.05, 4.69) is 0 Å². The maximum absolute atomic E-state index is 11.3. The highest BCUT2D eigenvalue weighted by Gasteiger charge is 2.34. The van der Waals surface area contributed by atoms with E-state index in [1.165, 1.54) is 0 Å². The molecular weight excluding hydrogens is 220 g/mol. The van der Waals surface area contributed by atoms with Gasteiger partial charge in [-0.25, -0.2) is 0 Å². The van der Waals surface area contributed by atoms with Gasteiger partial charge in [0.1, 0.15) is 0 Å². The minimum atomic E-state index is -1.02. The van der Waals surface area contributed by atoms with Crippen molar-refractivity contribution in [2.75, 3.05) is 0 Å². The van der Waals surface area contributed by atoms with Gasteiger partial charge in [-0.2, -0.15) is 0 Å². The van der Waals surface area contributed by atoms with Gasteiger partial charge in [-0.05, 0) is 25.3 Å². The van der Waals surface area contributed by atoms with E-state index in [0.29, 0.717) is 18.4 Å². The Balaban J connectivity index is 2.83. The molecule has 0 fully saturated rings. The molecule has 0 aromatic heterocycles. The molecule has 2 N–H and O–H groups in total. The number of carboxylic acid groups (broad SMARTS) is 2. The lowest BCUT2D eigenvalue weighted by Gasteiger charge is -2.25. The van der Waals surface area contributed by atoms with E-state index in [-0.39, 0.29) is 6.42 Å². The summed E-state index contributed by atoms with van der Waals surface area (Å²) in [5.41, 5.74) is -0.311. The monoisotopic (exact) mass is 236 g/mol. The lowest BCUT2D eigenvalue weighted by Crippen LogP contribution is -2.32. The van der Waals surface area contributed by atoms with Gasteiger partial charge >= 0.3 is 11.9 Å². The van der Waals surface area contributed by atoms with Crippen LogP contribution >= 0.6 is 0 Å². The van der Waals surface area contributed by atoms with Crippen LogP contribution in [0, 0.1) is 0 Å². The zero-order valence-electron chi connectivity index (χ0n) is 9.72. The first-order valence-electron chi connectivity index (χ1n) is 5.47. The van der Waals surface area contributed by atoms with Gasteiger partial charge in [0, 0.05) is 6.42 Å². The van der Waals surface area contributed by atoms with E-state index in [0.717, 1.165) is 0 Å².